The Balaban J connectivity index is 2.32. The number of carbonyl (C=O) groups is 1. The first kappa shape index (κ1) is 14.4. The summed E-state index contributed by atoms with van der Waals surface area (Å²) in [4.78, 5) is 10.1. The molecule has 98 valence electrons. The number of methoxy groups -OCH3 is 2. The van der Waals surface area contributed by atoms with Crippen LogP contribution in [0.2, 0.25) is 0 Å². The molecule has 1 saturated heterocycles. The van der Waals surface area contributed by atoms with Crippen LogP contribution in [-0.4, -0.2) is 38.9 Å². The maximum absolute atomic E-state index is 10.1. The van der Waals surface area contributed by atoms with Gasteiger partial charge in [0.15, 0.2) is 5.79 Å². The van der Waals surface area contributed by atoms with E-state index in [9.17, 15) is 4.79 Å². The summed E-state index contributed by atoms with van der Waals surface area (Å²) >= 11 is 0. The molecule has 1 heterocycles. The number of aldehydes is 1. The molecule has 0 saturated carbocycles. The highest BCUT2D eigenvalue weighted by molar-refractivity contribution is 5.48. The summed E-state index contributed by atoms with van der Waals surface area (Å²) in [7, 11) is 3.38. The number of ether oxygens (including phenoxy) is 2. The van der Waals surface area contributed by atoms with Gasteiger partial charge in [0.2, 0.25) is 0 Å². The van der Waals surface area contributed by atoms with Crippen LogP contribution in [0, 0.1) is 0 Å². The molecule has 0 aliphatic carbocycles. The molecule has 1 fully saturated rings. The fraction of sp³-hybridized carbons (Fsp3) is 0.769. The van der Waals surface area contributed by atoms with Crippen LogP contribution < -0.4 is 5.32 Å². The highest BCUT2D eigenvalue weighted by Gasteiger charge is 2.42. The van der Waals surface area contributed by atoms with Crippen LogP contribution >= 0.6 is 0 Å². The number of carbonyl (C=O) groups excluding carboxylic acids is 1. The van der Waals surface area contributed by atoms with Gasteiger partial charge in [-0.2, -0.15) is 0 Å². The third-order valence-corrected chi connectivity index (χ3v) is 3.32. The zero-order chi connectivity index (χ0) is 12.6. The van der Waals surface area contributed by atoms with Crippen molar-refractivity contribution in [1.29, 1.82) is 0 Å². The summed E-state index contributed by atoms with van der Waals surface area (Å²) < 4.78 is 11.0. The number of nitrogens with one attached hydrogen (secondary N) is 1. The van der Waals surface area contributed by atoms with Gasteiger partial charge in [-0.05, 0) is 19.3 Å². The molecule has 1 aliphatic rings. The average Bonchev–Trinajstić information content (AvgIpc) is 2.77. The Morgan fingerprint density at radius 2 is 2.06 bits per heavy atom. The number of unbranched alkanes of at least 4 members (excludes halogenated alkanes) is 2. The molecule has 0 aromatic carbocycles. The molecule has 1 atom stereocenters. The second kappa shape index (κ2) is 7.58. The largest absolute Gasteiger partial charge is 0.352 e. The van der Waals surface area contributed by atoms with Gasteiger partial charge in [-0.3, -0.25) is 0 Å². The van der Waals surface area contributed by atoms with Crippen molar-refractivity contribution in [3.05, 3.63) is 12.2 Å². The van der Waals surface area contributed by atoms with Gasteiger partial charge in [0.05, 0.1) is 6.04 Å². The van der Waals surface area contributed by atoms with Crippen LogP contribution in [0.4, 0.5) is 0 Å². The Hall–Kier alpha value is -0.710. The molecule has 17 heavy (non-hydrogen) atoms. The molecule has 4 nitrogen and oxygen atoms in total. The smallest absolute Gasteiger partial charge is 0.184 e. The zero-order valence-corrected chi connectivity index (χ0v) is 10.8. The highest BCUT2D eigenvalue weighted by atomic mass is 16.7. The van der Waals surface area contributed by atoms with Crippen molar-refractivity contribution < 1.29 is 14.3 Å². The molecule has 0 amide bonds. The van der Waals surface area contributed by atoms with E-state index in [1.54, 1.807) is 14.2 Å². The molecule has 1 N–H and O–H groups in total. The van der Waals surface area contributed by atoms with Crippen molar-refractivity contribution in [3.63, 3.8) is 0 Å². The fourth-order valence-corrected chi connectivity index (χ4v) is 2.25. The Morgan fingerprint density at radius 3 is 2.71 bits per heavy atom. The lowest BCUT2D eigenvalue weighted by molar-refractivity contribution is -0.210. The van der Waals surface area contributed by atoms with Gasteiger partial charge in [0, 0.05) is 33.6 Å². The van der Waals surface area contributed by atoms with E-state index in [-0.39, 0.29) is 6.04 Å². The van der Waals surface area contributed by atoms with Crippen LogP contribution in [0.5, 0.6) is 0 Å². The Labute approximate surface area is 103 Å². The van der Waals surface area contributed by atoms with Crippen molar-refractivity contribution in [2.45, 2.75) is 43.9 Å². The molecule has 1 aliphatic heterocycles. The van der Waals surface area contributed by atoms with E-state index in [0.717, 1.165) is 38.5 Å². The predicted molar refractivity (Wildman–Crippen MR) is 66.8 cm³/mol. The van der Waals surface area contributed by atoms with Gasteiger partial charge >= 0.3 is 0 Å². The maximum Gasteiger partial charge on any atom is 0.184 e. The SMILES string of the molecule is COC1(OC)CCNC1C/C=C\CCCC=O. The van der Waals surface area contributed by atoms with Crippen LogP contribution in [0.15, 0.2) is 12.2 Å². The lowest BCUT2D eigenvalue weighted by Crippen LogP contribution is -2.45. The molecule has 1 unspecified atom stereocenters. The number of rotatable bonds is 8. The second-order valence-electron chi connectivity index (χ2n) is 4.28. The summed E-state index contributed by atoms with van der Waals surface area (Å²) in [5.41, 5.74) is 0. The molecule has 0 bridgehead atoms. The molecular weight excluding hydrogens is 218 g/mol. The quantitative estimate of drug-likeness (QED) is 0.304. The van der Waals surface area contributed by atoms with E-state index in [1.165, 1.54) is 0 Å². The number of allylic oxidation sites excluding steroid dienone is 1. The zero-order valence-electron chi connectivity index (χ0n) is 10.8. The van der Waals surface area contributed by atoms with Crippen molar-refractivity contribution in [1.82, 2.24) is 5.32 Å². The van der Waals surface area contributed by atoms with E-state index < -0.39 is 5.79 Å². The topological polar surface area (TPSA) is 47.6 Å². The van der Waals surface area contributed by atoms with Gasteiger partial charge in [-0.15, -0.1) is 0 Å². The van der Waals surface area contributed by atoms with E-state index in [0.29, 0.717) is 6.42 Å². The summed E-state index contributed by atoms with van der Waals surface area (Å²) in [5, 5.41) is 3.39. The van der Waals surface area contributed by atoms with E-state index in [1.807, 2.05) is 0 Å². The first-order valence-electron chi connectivity index (χ1n) is 6.21. The predicted octanol–water partition coefficient (Wildman–Crippen LogP) is 1.65. The van der Waals surface area contributed by atoms with Crippen LogP contribution in [0.3, 0.4) is 0 Å². The van der Waals surface area contributed by atoms with Gasteiger partial charge in [-0.1, -0.05) is 12.2 Å². The molecule has 0 aromatic rings. The van der Waals surface area contributed by atoms with Gasteiger partial charge in [0.25, 0.3) is 0 Å². The first-order valence-corrected chi connectivity index (χ1v) is 6.21. The summed E-state index contributed by atoms with van der Waals surface area (Å²) in [6, 6.07) is 0.208. The molecule has 0 spiro atoms. The summed E-state index contributed by atoms with van der Waals surface area (Å²) in [5.74, 6) is -0.479. The van der Waals surface area contributed by atoms with Crippen LogP contribution in [0.1, 0.15) is 32.1 Å². The number of hydrogen-bond donors (Lipinski definition) is 1. The summed E-state index contributed by atoms with van der Waals surface area (Å²) in [6.45, 7) is 0.922. The van der Waals surface area contributed by atoms with E-state index in [4.69, 9.17) is 9.47 Å². The third kappa shape index (κ3) is 3.91. The molecule has 4 heteroatoms. The van der Waals surface area contributed by atoms with Crippen molar-refractivity contribution in [2.75, 3.05) is 20.8 Å². The lowest BCUT2D eigenvalue weighted by Gasteiger charge is -2.31. The van der Waals surface area contributed by atoms with Gasteiger partial charge in [-0.25, -0.2) is 0 Å². The molecule has 1 rings (SSSR count). The van der Waals surface area contributed by atoms with Crippen molar-refractivity contribution >= 4 is 6.29 Å². The van der Waals surface area contributed by atoms with Gasteiger partial charge in [0.1, 0.15) is 6.29 Å². The number of hydrogen-bond acceptors (Lipinski definition) is 4. The molecule has 0 radical (unpaired) electrons. The Kier molecular flexibility index (Phi) is 6.40. The normalized spacial score (nSPS) is 23.3. The summed E-state index contributed by atoms with van der Waals surface area (Å²) in [6.07, 6.45) is 9.53. The minimum atomic E-state index is -0.479. The minimum Gasteiger partial charge on any atom is -0.352 e. The maximum atomic E-state index is 10.1. The van der Waals surface area contributed by atoms with Crippen molar-refractivity contribution in [3.8, 4) is 0 Å². The molecule has 0 aromatic heterocycles. The average molecular weight is 241 g/mol. The third-order valence-electron chi connectivity index (χ3n) is 3.32. The van der Waals surface area contributed by atoms with E-state index >= 15 is 0 Å². The standard InChI is InChI=1S/C13H23NO3/c1-16-13(17-2)9-10-14-12(13)8-6-4-3-5-7-11-15/h4,6,11-12,14H,3,5,7-10H2,1-2H3/b6-4-. The van der Waals surface area contributed by atoms with Crippen LogP contribution in [-0.2, 0) is 14.3 Å². The first-order chi connectivity index (χ1) is 8.29. The van der Waals surface area contributed by atoms with E-state index in [2.05, 4.69) is 17.5 Å². The fourth-order valence-electron chi connectivity index (χ4n) is 2.25. The van der Waals surface area contributed by atoms with Crippen molar-refractivity contribution in [2.24, 2.45) is 0 Å². The molecular formula is C13H23NO3. The monoisotopic (exact) mass is 241 g/mol. The highest BCUT2D eigenvalue weighted by Crippen LogP contribution is 2.28. The van der Waals surface area contributed by atoms with Crippen LogP contribution in [0.25, 0.3) is 0 Å². The Morgan fingerprint density at radius 1 is 1.29 bits per heavy atom. The minimum absolute atomic E-state index is 0.208. The second-order valence-corrected chi connectivity index (χ2v) is 4.28. The van der Waals surface area contributed by atoms with Gasteiger partial charge < -0.3 is 19.6 Å². The lowest BCUT2D eigenvalue weighted by atomic mass is 10.0. The Bertz CT molecular complexity index is 249.